The van der Waals surface area contributed by atoms with Gasteiger partial charge in [0, 0.05) is 0 Å². The Hall–Kier alpha value is -3.27. The zero-order valence-corrected chi connectivity index (χ0v) is 14.9. The molecular formula is C22H21NO3. The number of ether oxygens (including phenoxy) is 2. The van der Waals surface area contributed by atoms with E-state index < -0.39 is 0 Å². The van der Waals surface area contributed by atoms with Crippen LogP contribution in [0.4, 0.5) is 5.69 Å². The molecule has 4 heteroatoms. The second-order valence-electron chi connectivity index (χ2n) is 5.93. The van der Waals surface area contributed by atoms with Crippen LogP contribution in [-0.2, 0) is 4.79 Å². The Balaban J connectivity index is 1.59. The van der Waals surface area contributed by atoms with E-state index in [1.165, 1.54) is 0 Å². The number of hydrogen-bond acceptors (Lipinski definition) is 3. The summed E-state index contributed by atoms with van der Waals surface area (Å²) >= 11 is 0. The minimum absolute atomic E-state index is 0.0677. The van der Waals surface area contributed by atoms with Crippen LogP contribution in [0.3, 0.4) is 0 Å². The molecule has 0 unspecified atom stereocenters. The monoisotopic (exact) mass is 347 g/mol. The molecule has 0 heterocycles. The highest BCUT2D eigenvalue weighted by atomic mass is 16.5. The van der Waals surface area contributed by atoms with Crippen molar-refractivity contribution in [1.29, 1.82) is 0 Å². The molecule has 132 valence electrons. The van der Waals surface area contributed by atoms with Crippen molar-refractivity contribution in [3.8, 4) is 22.6 Å². The van der Waals surface area contributed by atoms with Gasteiger partial charge in [0.25, 0.3) is 5.91 Å². The Morgan fingerprint density at radius 2 is 1.62 bits per heavy atom. The summed E-state index contributed by atoms with van der Waals surface area (Å²) in [5.74, 6) is 1.04. The summed E-state index contributed by atoms with van der Waals surface area (Å²) in [6.45, 7) is 1.89. The van der Waals surface area contributed by atoms with Gasteiger partial charge in [-0.1, -0.05) is 48.5 Å². The number of carbonyl (C=O) groups excluding carboxylic acids is 1. The van der Waals surface area contributed by atoms with E-state index in [1.54, 1.807) is 7.11 Å². The fraction of sp³-hybridized carbons (Fsp3) is 0.136. The number of aryl methyl sites for hydroxylation is 1. The van der Waals surface area contributed by atoms with Gasteiger partial charge in [-0.3, -0.25) is 4.79 Å². The number of nitrogens with one attached hydrogen (secondary N) is 1. The lowest BCUT2D eigenvalue weighted by Gasteiger charge is -2.12. The molecule has 0 aliphatic rings. The number of methoxy groups -OCH3 is 1. The number of rotatable bonds is 6. The molecule has 3 aromatic rings. The molecule has 0 aliphatic heterocycles. The Morgan fingerprint density at radius 1 is 0.923 bits per heavy atom. The molecule has 4 nitrogen and oxygen atoms in total. The van der Waals surface area contributed by atoms with E-state index in [0.717, 1.165) is 16.7 Å². The van der Waals surface area contributed by atoms with Crippen LogP contribution in [0.5, 0.6) is 11.5 Å². The average molecular weight is 347 g/mol. The molecular weight excluding hydrogens is 326 g/mol. The first kappa shape index (κ1) is 17.5. The second-order valence-corrected chi connectivity index (χ2v) is 5.93. The zero-order chi connectivity index (χ0) is 18.4. The standard InChI is InChI=1S/C22H21NO3/c1-16-8-13-21(25-2)20(14-16)23-22(24)15-26-19-11-9-18(10-12-19)17-6-4-3-5-7-17/h3-14H,15H2,1-2H3,(H,23,24). The molecule has 0 saturated carbocycles. The lowest BCUT2D eigenvalue weighted by Crippen LogP contribution is -2.20. The summed E-state index contributed by atoms with van der Waals surface area (Å²) in [5.41, 5.74) is 3.93. The molecule has 26 heavy (non-hydrogen) atoms. The van der Waals surface area contributed by atoms with Crippen LogP contribution in [0.15, 0.2) is 72.8 Å². The van der Waals surface area contributed by atoms with Gasteiger partial charge in [0.05, 0.1) is 12.8 Å². The number of anilines is 1. The highest BCUT2D eigenvalue weighted by Crippen LogP contribution is 2.25. The summed E-state index contributed by atoms with van der Waals surface area (Å²) < 4.78 is 10.8. The molecule has 3 rings (SSSR count). The summed E-state index contributed by atoms with van der Waals surface area (Å²) in [6, 6.07) is 23.4. The normalized spacial score (nSPS) is 10.2. The fourth-order valence-corrected chi connectivity index (χ4v) is 2.63. The van der Waals surface area contributed by atoms with Gasteiger partial charge in [0.2, 0.25) is 0 Å². The van der Waals surface area contributed by atoms with Crippen LogP contribution in [0.2, 0.25) is 0 Å². The summed E-state index contributed by atoms with van der Waals surface area (Å²) in [4.78, 5) is 12.2. The minimum Gasteiger partial charge on any atom is -0.495 e. The van der Waals surface area contributed by atoms with Crippen LogP contribution in [-0.4, -0.2) is 19.6 Å². The van der Waals surface area contributed by atoms with Crippen molar-refractivity contribution in [2.75, 3.05) is 19.0 Å². The largest absolute Gasteiger partial charge is 0.495 e. The smallest absolute Gasteiger partial charge is 0.262 e. The van der Waals surface area contributed by atoms with Crippen molar-refractivity contribution in [1.82, 2.24) is 0 Å². The second kappa shape index (κ2) is 8.21. The molecule has 0 fully saturated rings. The number of hydrogen-bond donors (Lipinski definition) is 1. The Bertz CT molecular complexity index is 874. The molecule has 0 saturated heterocycles. The van der Waals surface area contributed by atoms with E-state index in [-0.39, 0.29) is 12.5 Å². The molecule has 1 N–H and O–H groups in total. The molecule has 3 aromatic carbocycles. The van der Waals surface area contributed by atoms with Gasteiger partial charge in [0.15, 0.2) is 6.61 Å². The molecule has 0 spiro atoms. The first-order valence-electron chi connectivity index (χ1n) is 8.38. The summed E-state index contributed by atoms with van der Waals surface area (Å²) in [6.07, 6.45) is 0. The Morgan fingerprint density at radius 3 is 2.31 bits per heavy atom. The molecule has 0 aliphatic carbocycles. The minimum atomic E-state index is -0.235. The molecule has 1 amide bonds. The van der Waals surface area contributed by atoms with Gasteiger partial charge in [-0.05, 0) is 47.9 Å². The van der Waals surface area contributed by atoms with E-state index in [4.69, 9.17) is 9.47 Å². The van der Waals surface area contributed by atoms with E-state index >= 15 is 0 Å². The van der Waals surface area contributed by atoms with Gasteiger partial charge in [-0.15, -0.1) is 0 Å². The van der Waals surface area contributed by atoms with Crippen molar-refractivity contribution in [2.45, 2.75) is 6.92 Å². The highest BCUT2D eigenvalue weighted by molar-refractivity contribution is 5.93. The van der Waals surface area contributed by atoms with Gasteiger partial charge in [-0.25, -0.2) is 0 Å². The van der Waals surface area contributed by atoms with Crippen molar-refractivity contribution in [3.05, 3.63) is 78.4 Å². The van der Waals surface area contributed by atoms with Crippen molar-refractivity contribution < 1.29 is 14.3 Å². The molecule has 0 radical (unpaired) electrons. The van der Waals surface area contributed by atoms with E-state index in [1.807, 2.05) is 67.6 Å². The SMILES string of the molecule is COc1ccc(C)cc1NC(=O)COc1ccc(-c2ccccc2)cc1. The van der Waals surface area contributed by atoms with E-state index in [9.17, 15) is 4.79 Å². The van der Waals surface area contributed by atoms with Gasteiger partial charge >= 0.3 is 0 Å². The number of benzene rings is 3. The predicted octanol–water partition coefficient (Wildman–Crippen LogP) is 4.69. The zero-order valence-electron chi connectivity index (χ0n) is 14.9. The van der Waals surface area contributed by atoms with Crippen molar-refractivity contribution in [3.63, 3.8) is 0 Å². The number of amides is 1. The maximum absolute atomic E-state index is 12.2. The average Bonchev–Trinajstić information content (AvgIpc) is 2.68. The van der Waals surface area contributed by atoms with E-state index in [0.29, 0.717) is 17.2 Å². The van der Waals surface area contributed by atoms with Crippen LogP contribution >= 0.6 is 0 Å². The van der Waals surface area contributed by atoms with Gasteiger partial charge in [0.1, 0.15) is 11.5 Å². The van der Waals surface area contributed by atoms with Gasteiger partial charge in [-0.2, -0.15) is 0 Å². The quantitative estimate of drug-likeness (QED) is 0.704. The third-order valence-electron chi connectivity index (χ3n) is 3.96. The van der Waals surface area contributed by atoms with Crippen LogP contribution in [0.25, 0.3) is 11.1 Å². The van der Waals surface area contributed by atoms with Crippen LogP contribution in [0, 0.1) is 6.92 Å². The fourth-order valence-electron chi connectivity index (χ4n) is 2.63. The topological polar surface area (TPSA) is 47.6 Å². The number of carbonyl (C=O) groups is 1. The van der Waals surface area contributed by atoms with Crippen LogP contribution in [0.1, 0.15) is 5.56 Å². The molecule has 0 atom stereocenters. The van der Waals surface area contributed by atoms with Gasteiger partial charge < -0.3 is 14.8 Å². The van der Waals surface area contributed by atoms with Crippen molar-refractivity contribution in [2.24, 2.45) is 0 Å². The Kier molecular flexibility index (Phi) is 5.54. The third-order valence-corrected chi connectivity index (χ3v) is 3.96. The Labute approximate surface area is 153 Å². The lowest BCUT2D eigenvalue weighted by atomic mass is 10.1. The highest BCUT2D eigenvalue weighted by Gasteiger charge is 2.09. The lowest BCUT2D eigenvalue weighted by molar-refractivity contribution is -0.118. The van der Waals surface area contributed by atoms with Crippen LogP contribution < -0.4 is 14.8 Å². The van der Waals surface area contributed by atoms with Crippen molar-refractivity contribution >= 4 is 11.6 Å². The third kappa shape index (κ3) is 4.42. The van der Waals surface area contributed by atoms with E-state index in [2.05, 4.69) is 17.4 Å². The predicted molar refractivity (Wildman–Crippen MR) is 104 cm³/mol. The first-order valence-corrected chi connectivity index (χ1v) is 8.38. The maximum Gasteiger partial charge on any atom is 0.262 e. The first-order chi connectivity index (χ1) is 12.7. The molecule has 0 bridgehead atoms. The summed E-state index contributed by atoms with van der Waals surface area (Å²) in [7, 11) is 1.57. The molecule has 0 aromatic heterocycles. The maximum atomic E-state index is 12.2. The summed E-state index contributed by atoms with van der Waals surface area (Å²) in [5, 5.41) is 2.82.